The average Bonchev–Trinajstić information content (AvgIpc) is 2.89. The summed E-state index contributed by atoms with van der Waals surface area (Å²) in [7, 11) is -5.83. The van der Waals surface area contributed by atoms with Gasteiger partial charge in [-0.05, 0) is 93.9 Å². The van der Waals surface area contributed by atoms with Crippen LogP contribution in [0.5, 0.6) is 0 Å². The topological polar surface area (TPSA) is 160 Å². The van der Waals surface area contributed by atoms with Gasteiger partial charge < -0.3 is 27.9 Å². The molecule has 0 aromatic carbocycles. The van der Waals surface area contributed by atoms with Crippen LogP contribution >= 0.6 is 15.2 Å². The van der Waals surface area contributed by atoms with Crippen LogP contribution in [0.15, 0.2) is 0 Å². The lowest BCUT2D eigenvalue weighted by Gasteiger charge is -2.47. The van der Waals surface area contributed by atoms with Gasteiger partial charge in [-0.25, -0.2) is 9.59 Å². The molecule has 4 unspecified atom stereocenters. The van der Waals surface area contributed by atoms with Crippen molar-refractivity contribution in [3.05, 3.63) is 0 Å². The molecule has 0 aromatic heterocycles. The van der Waals surface area contributed by atoms with E-state index in [2.05, 4.69) is 0 Å². The molecule has 0 saturated heterocycles. The van der Waals surface area contributed by atoms with Gasteiger partial charge in [-0.2, -0.15) is 10.1 Å². The third-order valence-electron chi connectivity index (χ3n) is 6.58. The van der Waals surface area contributed by atoms with Crippen molar-refractivity contribution in [2.45, 2.75) is 159 Å². The van der Waals surface area contributed by atoms with E-state index in [-0.39, 0.29) is 26.4 Å². The summed E-state index contributed by atoms with van der Waals surface area (Å²) in [5.74, 6) is -3.09. The molecule has 0 amide bonds. The zero-order valence-electron chi connectivity index (χ0n) is 33.9. The molecule has 16 heteroatoms. The molecule has 0 aliphatic carbocycles. The predicted octanol–water partition coefficient (Wildman–Crippen LogP) is 8.35. The smallest absolute Gasteiger partial charge is 0.350 e. The van der Waals surface area contributed by atoms with Crippen molar-refractivity contribution in [3.8, 4) is 0 Å². The van der Waals surface area contributed by atoms with Gasteiger partial charge in [0, 0.05) is 11.1 Å². The Balaban J connectivity index is 0. The molecule has 0 radical (unpaired) electrons. The molecule has 0 heterocycles. The van der Waals surface area contributed by atoms with E-state index in [1.807, 2.05) is 83.1 Å². The lowest BCUT2D eigenvalue weighted by atomic mass is 9.94. The molecule has 294 valence electrons. The number of ether oxygens (including phenoxy) is 1. The van der Waals surface area contributed by atoms with Crippen molar-refractivity contribution >= 4 is 27.1 Å². The standard InChI is InChI=1S/C17H36NO6P.C16H34NO6P/c1-11-22-25(20,23-12-2)15(16(4,5)6)18(17(7,8)9)24-13(3)14(19)21-10;1-10-21-24(20,22-11-2)14(15(4,5)6)17(16(7,8)9)23-12(3)13(18)19/h13,15H,11-12H2,1-10H3;12,14H,10-11H2,1-9H3,(H,18,19). The van der Waals surface area contributed by atoms with Crippen LogP contribution in [0, 0.1) is 10.8 Å². The second-order valence-electron chi connectivity index (χ2n) is 15.6. The first-order valence-corrected chi connectivity index (χ1v) is 20.2. The molecular formula is C33H70N2O12P2. The van der Waals surface area contributed by atoms with Gasteiger partial charge in [0.1, 0.15) is 11.6 Å². The van der Waals surface area contributed by atoms with Crippen molar-refractivity contribution in [3.63, 3.8) is 0 Å². The van der Waals surface area contributed by atoms with Crippen LogP contribution < -0.4 is 0 Å². The second-order valence-corrected chi connectivity index (χ2v) is 19.8. The monoisotopic (exact) mass is 748 g/mol. The lowest BCUT2D eigenvalue weighted by molar-refractivity contribution is -0.262. The number of carbonyl (C=O) groups excluding carboxylic acids is 1. The summed E-state index contributed by atoms with van der Waals surface area (Å²) in [6.45, 7) is 33.8. The molecule has 0 spiro atoms. The van der Waals surface area contributed by atoms with Crippen LogP contribution in [0.2, 0.25) is 0 Å². The number of aliphatic carboxylic acids is 1. The Hall–Kier alpha value is -0.920. The number of carbonyl (C=O) groups is 2. The molecule has 0 aromatic rings. The van der Waals surface area contributed by atoms with Gasteiger partial charge in [0.2, 0.25) is 0 Å². The summed E-state index contributed by atoms with van der Waals surface area (Å²) in [5.41, 5.74) is -2.25. The third-order valence-corrected chi connectivity index (χ3v) is 12.2. The molecule has 1 N–H and O–H groups in total. The van der Waals surface area contributed by atoms with Crippen molar-refractivity contribution in [2.75, 3.05) is 33.5 Å². The van der Waals surface area contributed by atoms with E-state index < -0.39 is 72.8 Å². The fraction of sp³-hybridized carbons (Fsp3) is 0.939. The van der Waals surface area contributed by atoms with Crippen LogP contribution in [-0.2, 0) is 51.2 Å². The lowest BCUT2D eigenvalue weighted by Crippen LogP contribution is -2.55. The Bertz CT molecular complexity index is 1070. The third kappa shape index (κ3) is 16.1. The number of nitrogens with zero attached hydrogens (tertiary/aromatic N) is 2. The normalized spacial score (nSPS) is 16.1. The molecule has 0 aliphatic heterocycles. The van der Waals surface area contributed by atoms with Crippen molar-refractivity contribution in [2.24, 2.45) is 10.8 Å². The highest BCUT2D eigenvalue weighted by Gasteiger charge is 2.53. The summed E-state index contributed by atoms with van der Waals surface area (Å²) in [6, 6.07) is 0. The van der Waals surface area contributed by atoms with E-state index in [1.165, 1.54) is 19.1 Å². The number of esters is 1. The van der Waals surface area contributed by atoms with Crippen LogP contribution in [0.1, 0.15) is 125 Å². The fourth-order valence-corrected chi connectivity index (χ4v) is 10.1. The Morgan fingerprint density at radius 1 is 0.592 bits per heavy atom. The van der Waals surface area contributed by atoms with Gasteiger partial charge >= 0.3 is 27.1 Å². The summed E-state index contributed by atoms with van der Waals surface area (Å²) < 4.78 is 54.1. The Morgan fingerprint density at radius 3 is 1.04 bits per heavy atom. The fourth-order valence-electron chi connectivity index (χ4n) is 4.75. The van der Waals surface area contributed by atoms with Gasteiger partial charge in [-0.3, -0.25) is 18.8 Å². The van der Waals surface area contributed by atoms with E-state index >= 15 is 0 Å². The van der Waals surface area contributed by atoms with Gasteiger partial charge in [-0.1, -0.05) is 41.5 Å². The SMILES string of the molecule is CCOP(=O)(OCC)C(N(OC(C)C(=O)O)C(C)(C)C)C(C)(C)C.CCOP(=O)(OCC)C(N(OC(C)C(=O)OC)C(C)(C)C)C(C)(C)C. The highest BCUT2D eigenvalue weighted by atomic mass is 31.2. The molecule has 14 nitrogen and oxygen atoms in total. The summed E-state index contributed by atoms with van der Waals surface area (Å²) in [5, 5.41) is 12.2. The maximum Gasteiger partial charge on any atom is 0.350 e. The number of rotatable bonds is 18. The number of hydrogen-bond donors (Lipinski definition) is 1. The highest BCUT2D eigenvalue weighted by Crippen LogP contribution is 2.62. The first-order chi connectivity index (χ1) is 21.9. The Morgan fingerprint density at radius 2 is 0.857 bits per heavy atom. The van der Waals surface area contributed by atoms with Crippen molar-refractivity contribution < 1.29 is 56.3 Å². The first kappa shape index (κ1) is 50.2. The number of hydroxylamine groups is 4. The molecule has 0 aliphatic rings. The van der Waals surface area contributed by atoms with E-state index in [4.69, 9.17) is 32.5 Å². The van der Waals surface area contributed by atoms with Crippen LogP contribution in [0.4, 0.5) is 0 Å². The first-order valence-electron chi connectivity index (χ1n) is 16.9. The molecule has 0 fully saturated rings. The van der Waals surface area contributed by atoms with E-state index in [0.29, 0.717) is 0 Å². The van der Waals surface area contributed by atoms with Crippen molar-refractivity contribution in [1.29, 1.82) is 0 Å². The highest BCUT2D eigenvalue weighted by molar-refractivity contribution is 7.55. The summed E-state index contributed by atoms with van der Waals surface area (Å²) in [6.07, 6.45) is -1.95. The summed E-state index contributed by atoms with van der Waals surface area (Å²) >= 11 is 0. The zero-order valence-corrected chi connectivity index (χ0v) is 35.7. The molecular weight excluding hydrogens is 678 g/mol. The maximum absolute atomic E-state index is 13.6. The number of carboxylic acid groups (broad SMARTS) is 1. The van der Waals surface area contributed by atoms with Crippen LogP contribution in [-0.4, -0.2) is 95.6 Å². The largest absolute Gasteiger partial charge is 0.479 e. The minimum absolute atomic E-state index is 0.219. The molecule has 49 heavy (non-hydrogen) atoms. The number of methoxy groups -OCH3 is 1. The molecule has 0 bridgehead atoms. The van der Waals surface area contributed by atoms with Crippen LogP contribution in [0.3, 0.4) is 0 Å². The van der Waals surface area contributed by atoms with E-state index in [1.54, 1.807) is 39.7 Å². The predicted molar refractivity (Wildman–Crippen MR) is 192 cm³/mol. The minimum Gasteiger partial charge on any atom is -0.479 e. The molecule has 4 atom stereocenters. The number of hydrogen-bond acceptors (Lipinski definition) is 13. The molecule has 0 rings (SSSR count). The zero-order chi connectivity index (χ0) is 39.4. The van der Waals surface area contributed by atoms with Gasteiger partial charge in [0.15, 0.2) is 12.2 Å². The minimum atomic E-state index is -3.58. The van der Waals surface area contributed by atoms with Gasteiger partial charge in [-0.15, -0.1) is 0 Å². The van der Waals surface area contributed by atoms with Crippen molar-refractivity contribution in [1.82, 2.24) is 10.1 Å². The number of carboxylic acids is 1. The summed E-state index contributed by atoms with van der Waals surface area (Å²) in [4.78, 5) is 34.7. The van der Waals surface area contributed by atoms with E-state index in [9.17, 15) is 23.8 Å². The quantitative estimate of drug-likeness (QED) is 0.0809. The Kier molecular flexibility index (Phi) is 20.8. The van der Waals surface area contributed by atoms with Crippen LogP contribution in [0.25, 0.3) is 0 Å². The second kappa shape index (κ2) is 20.4. The molecule has 0 saturated carbocycles. The maximum atomic E-state index is 13.6. The van der Waals surface area contributed by atoms with Gasteiger partial charge in [0.25, 0.3) is 0 Å². The average molecular weight is 749 g/mol. The van der Waals surface area contributed by atoms with Gasteiger partial charge in [0.05, 0.1) is 33.5 Å². The Labute approximate surface area is 297 Å². The van der Waals surface area contributed by atoms with E-state index in [0.717, 1.165) is 0 Å².